The average Bonchev–Trinajstić information content (AvgIpc) is 3.40. The van der Waals surface area contributed by atoms with Crippen LogP contribution in [0, 0.1) is 20.8 Å². The van der Waals surface area contributed by atoms with Gasteiger partial charge in [-0.3, -0.25) is 0 Å². The predicted molar refractivity (Wildman–Crippen MR) is 201 cm³/mol. The fraction of sp³-hybridized carbons (Fsp3) is 0.200. The Morgan fingerprint density at radius 3 is 1.45 bits per heavy atom. The fourth-order valence-electron chi connectivity index (χ4n) is 8.59. The van der Waals surface area contributed by atoms with E-state index in [0.29, 0.717) is 0 Å². The monoisotopic (exact) mass is 629 g/mol. The first-order chi connectivity index (χ1) is 22.4. The highest BCUT2D eigenvalue weighted by atomic mass is 35.5. The standard InChI is InChI=1S/C45H40ClN/c1-27-20-28(2)43(29(3)21-27)30-22-31(46)24-34(23-30)47(32-16-18-37-35-12-8-10-14-39(35)44(4,5)41(37)25-32)33-17-19-38-36-13-9-11-15-40(36)45(6,7)42(38)26-33/h8-26H,1-7H3. The van der Waals surface area contributed by atoms with E-state index in [-0.39, 0.29) is 10.8 Å². The summed E-state index contributed by atoms with van der Waals surface area (Å²) in [7, 11) is 0. The zero-order chi connectivity index (χ0) is 32.8. The lowest BCUT2D eigenvalue weighted by atomic mass is 9.82. The van der Waals surface area contributed by atoms with Crippen LogP contribution in [0.2, 0.25) is 5.02 Å². The van der Waals surface area contributed by atoms with E-state index >= 15 is 0 Å². The van der Waals surface area contributed by atoms with Gasteiger partial charge in [0.05, 0.1) is 0 Å². The maximum atomic E-state index is 7.03. The van der Waals surface area contributed by atoms with Gasteiger partial charge in [0, 0.05) is 32.9 Å². The molecule has 6 aromatic rings. The molecule has 0 unspecified atom stereocenters. The third-order valence-electron chi connectivity index (χ3n) is 10.8. The third-order valence-corrected chi connectivity index (χ3v) is 11.0. The summed E-state index contributed by atoms with van der Waals surface area (Å²) in [5, 5.41) is 0.727. The number of halogens is 1. The van der Waals surface area contributed by atoms with Gasteiger partial charge in [0.15, 0.2) is 0 Å². The van der Waals surface area contributed by atoms with Crippen molar-refractivity contribution in [2.24, 2.45) is 0 Å². The van der Waals surface area contributed by atoms with E-state index in [2.05, 4.69) is 169 Å². The molecule has 0 saturated carbocycles. The molecule has 0 amide bonds. The SMILES string of the molecule is Cc1cc(C)c(-c2cc(Cl)cc(N(c3ccc4c(c3)C(C)(C)c3ccccc3-4)c3ccc4c(c3)C(C)(C)c3ccccc3-4)c2)c(C)c1. The molecule has 8 rings (SSSR count). The first kappa shape index (κ1) is 29.8. The third kappa shape index (κ3) is 4.51. The van der Waals surface area contributed by atoms with Gasteiger partial charge in [-0.1, -0.05) is 118 Å². The molecule has 0 heterocycles. The van der Waals surface area contributed by atoms with Crippen LogP contribution >= 0.6 is 11.6 Å². The summed E-state index contributed by atoms with van der Waals surface area (Å²) in [6.45, 7) is 16.0. The van der Waals surface area contributed by atoms with Crippen LogP contribution in [-0.2, 0) is 10.8 Å². The van der Waals surface area contributed by atoms with E-state index in [1.807, 2.05) is 0 Å². The van der Waals surface area contributed by atoms with Crippen molar-refractivity contribution in [1.82, 2.24) is 0 Å². The van der Waals surface area contributed by atoms with E-state index < -0.39 is 0 Å². The van der Waals surface area contributed by atoms with Crippen LogP contribution in [0.1, 0.15) is 66.6 Å². The van der Waals surface area contributed by atoms with Gasteiger partial charge >= 0.3 is 0 Å². The second-order valence-corrected chi connectivity index (χ2v) is 15.0. The Hall–Kier alpha value is -4.59. The van der Waals surface area contributed by atoms with Gasteiger partial charge in [0.1, 0.15) is 0 Å². The minimum absolute atomic E-state index is 0.106. The highest BCUT2D eigenvalue weighted by Crippen LogP contribution is 2.53. The topological polar surface area (TPSA) is 3.24 Å². The van der Waals surface area contributed by atoms with Crippen LogP contribution < -0.4 is 4.90 Å². The Morgan fingerprint density at radius 1 is 0.468 bits per heavy atom. The van der Waals surface area contributed by atoms with Gasteiger partial charge in [-0.05, 0) is 130 Å². The van der Waals surface area contributed by atoms with Crippen LogP contribution in [-0.4, -0.2) is 0 Å². The number of hydrogen-bond acceptors (Lipinski definition) is 1. The quantitative estimate of drug-likeness (QED) is 0.187. The summed E-state index contributed by atoms with van der Waals surface area (Å²) >= 11 is 7.03. The van der Waals surface area contributed by atoms with Crippen molar-refractivity contribution >= 4 is 28.7 Å². The molecule has 2 heteroatoms. The van der Waals surface area contributed by atoms with Gasteiger partial charge in [0.2, 0.25) is 0 Å². The van der Waals surface area contributed by atoms with Crippen LogP contribution in [0.15, 0.2) is 115 Å². The summed E-state index contributed by atoms with van der Waals surface area (Å²) in [5.74, 6) is 0. The van der Waals surface area contributed by atoms with E-state index in [0.717, 1.165) is 27.6 Å². The average molecular weight is 630 g/mol. The molecule has 232 valence electrons. The fourth-order valence-corrected chi connectivity index (χ4v) is 8.82. The molecule has 6 aromatic carbocycles. The minimum atomic E-state index is -0.106. The lowest BCUT2D eigenvalue weighted by Gasteiger charge is -2.30. The minimum Gasteiger partial charge on any atom is -0.310 e. The Balaban J connectivity index is 1.36. The lowest BCUT2D eigenvalue weighted by molar-refractivity contribution is 0.660. The smallest absolute Gasteiger partial charge is 0.0482 e. The van der Waals surface area contributed by atoms with Crippen LogP contribution in [0.4, 0.5) is 17.1 Å². The van der Waals surface area contributed by atoms with E-state index in [4.69, 9.17) is 11.6 Å². The van der Waals surface area contributed by atoms with Gasteiger partial charge in [-0.2, -0.15) is 0 Å². The van der Waals surface area contributed by atoms with Crippen molar-refractivity contribution in [2.45, 2.75) is 59.3 Å². The molecule has 0 N–H and O–H groups in total. The number of hydrogen-bond donors (Lipinski definition) is 0. The molecule has 0 radical (unpaired) electrons. The van der Waals surface area contributed by atoms with Crippen molar-refractivity contribution in [3.63, 3.8) is 0 Å². The zero-order valence-corrected chi connectivity index (χ0v) is 29.1. The van der Waals surface area contributed by atoms with Crippen molar-refractivity contribution in [3.8, 4) is 33.4 Å². The van der Waals surface area contributed by atoms with Gasteiger partial charge < -0.3 is 4.90 Å². The highest BCUT2D eigenvalue weighted by molar-refractivity contribution is 6.31. The van der Waals surface area contributed by atoms with Crippen LogP contribution in [0.25, 0.3) is 33.4 Å². The largest absolute Gasteiger partial charge is 0.310 e. The summed E-state index contributed by atoms with van der Waals surface area (Å²) in [6, 6.07) is 42.8. The lowest BCUT2D eigenvalue weighted by Crippen LogP contribution is -2.18. The molecule has 0 fully saturated rings. The van der Waals surface area contributed by atoms with E-state index in [1.54, 1.807) is 0 Å². The molecular weight excluding hydrogens is 590 g/mol. The number of benzene rings is 6. The molecule has 0 spiro atoms. The summed E-state index contributed by atoms with van der Waals surface area (Å²) in [5.41, 5.74) is 20.0. The van der Waals surface area contributed by atoms with Crippen molar-refractivity contribution < 1.29 is 0 Å². The van der Waals surface area contributed by atoms with Crippen LogP contribution in [0.3, 0.4) is 0 Å². The Kier molecular flexibility index (Phi) is 6.63. The summed E-state index contributed by atoms with van der Waals surface area (Å²) in [4.78, 5) is 2.41. The van der Waals surface area contributed by atoms with E-state index in [9.17, 15) is 0 Å². The van der Waals surface area contributed by atoms with Gasteiger partial charge in [-0.15, -0.1) is 0 Å². The predicted octanol–water partition coefficient (Wildman–Crippen LogP) is 13.0. The van der Waals surface area contributed by atoms with Crippen molar-refractivity contribution in [3.05, 3.63) is 159 Å². The maximum Gasteiger partial charge on any atom is 0.0482 e. The summed E-state index contributed by atoms with van der Waals surface area (Å²) in [6.07, 6.45) is 0. The summed E-state index contributed by atoms with van der Waals surface area (Å²) < 4.78 is 0. The molecule has 47 heavy (non-hydrogen) atoms. The maximum absolute atomic E-state index is 7.03. The Labute approximate surface area is 284 Å². The second kappa shape index (κ2) is 10.5. The molecule has 2 aliphatic carbocycles. The number of fused-ring (bicyclic) bond motifs is 6. The molecule has 0 aliphatic heterocycles. The van der Waals surface area contributed by atoms with Crippen molar-refractivity contribution in [1.29, 1.82) is 0 Å². The molecule has 0 bridgehead atoms. The first-order valence-corrected chi connectivity index (χ1v) is 17.0. The normalized spacial score (nSPS) is 14.7. The van der Waals surface area contributed by atoms with Crippen LogP contribution in [0.5, 0.6) is 0 Å². The number of aryl methyl sites for hydroxylation is 3. The Morgan fingerprint density at radius 2 is 0.936 bits per heavy atom. The van der Waals surface area contributed by atoms with E-state index in [1.165, 1.54) is 66.8 Å². The van der Waals surface area contributed by atoms with Gasteiger partial charge in [-0.25, -0.2) is 0 Å². The molecule has 0 aromatic heterocycles. The second-order valence-electron chi connectivity index (χ2n) is 14.6. The van der Waals surface area contributed by atoms with Gasteiger partial charge in [0.25, 0.3) is 0 Å². The Bertz CT molecular complexity index is 2120. The molecule has 0 atom stereocenters. The highest BCUT2D eigenvalue weighted by Gasteiger charge is 2.37. The number of rotatable bonds is 4. The molecular formula is C45H40ClN. The molecule has 2 aliphatic rings. The first-order valence-electron chi connectivity index (χ1n) is 16.6. The van der Waals surface area contributed by atoms with Crippen molar-refractivity contribution in [2.75, 3.05) is 4.90 Å². The molecule has 0 saturated heterocycles. The number of anilines is 3. The number of nitrogens with zero attached hydrogens (tertiary/aromatic N) is 1. The zero-order valence-electron chi connectivity index (χ0n) is 28.3. The molecule has 1 nitrogen and oxygen atoms in total.